The van der Waals surface area contributed by atoms with Crippen molar-refractivity contribution in [3.05, 3.63) is 141 Å². The van der Waals surface area contributed by atoms with Crippen molar-refractivity contribution in [3.63, 3.8) is 0 Å². The molecule has 3 aromatic heterocycles. The summed E-state index contributed by atoms with van der Waals surface area (Å²) in [6, 6.07) is 28.9. The molecule has 0 spiro atoms. The number of benzene rings is 4. The average molecular weight is 630 g/mol. The molecule has 0 fully saturated rings. The van der Waals surface area contributed by atoms with E-state index in [2.05, 4.69) is 77.9 Å². The lowest BCUT2D eigenvalue weighted by Crippen LogP contribution is -2.27. The van der Waals surface area contributed by atoms with E-state index in [0.29, 0.717) is 17.5 Å². The maximum atomic E-state index is 10.5. The molecule has 3 aliphatic rings. The van der Waals surface area contributed by atoms with Gasteiger partial charge in [0.25, 0.3) is 0 Å². The van der Waals surface area contributed by atoms with E-state index in [-0.39, 0.29) is 0 Å². The molecule has 1 atom stereocenters. The molecule has 1 unspecified atom stereocenters. The zero-order valence-electron chi connectivity index (χ0n) is 26.7. The Bertz CT molecular complexity index is 2830. The number of furan rings is 2. The van der Waals surface area contributed by atoms with Gasteiger partial charge in [0.15, 0.2) is 0 Å². The molecule has 5 nitrogen and oxygen atoms in total. The highest BCUT2D eigenvalue weighted by molar-refractivity contribution is 6.16. The van der Waals surface area contributed by atoms with Gasteiger partial charge in [0, 0.05) is 44.6 Å². The first kappa shape index (κ1) is 27.6. The third-order valence-corrected chi connectivity index (χ3v) is 10.6. The highest BCUT2D eigenvalue weighted by Crippen LogP contribution is 2.47. The SMILES string of the molecule is CC1(c2cccc(C#N)c2-n2c3c(c4c2CCC=C4)C=C=C3)C=Cc2oc3ccc4c5cc(-c6ccccc6C#N)ccc5oc4c3c2C1. The van der Waals surface area contributed by atoms with Crippen LogP contribution in [-0.2, 0) is 18.3 Å². The van der Waals surface area contributed by atoms with Gasteiger partial charge in [0.1, 0.15) is 28.6 Å². The van der Waals surface area contributed by atoms with Gasteiger partial charge in [0.2, 0.25) is 0 Å². The Kier molecular flexibility index (Phi) is 5.62. The Morgan fingerprint density at radius 3 is 2.59 bits per heavy atom. The Balaban J connectivity index is 1.15. The average Bonchev–Trinajstić information content (AvgIpc) is 3.91. The minimum absolute atomic E-state index is 0.446. The highest BCUT2D eigenvalue weighted by atomic mass is 16.3. The number of aromatic nitrogens is 1. The van der Waals surface area contributed by atoms with Crippen molar-refractivity contribution in [1.82, 2.24) is 4.57 Å². The molecule has 49 heavy (non-hydrogen) atoms. The van der Waals surface area contributed by atoms with E-state index in [0.717, 1.165) is 85.1 Å². The number of hydrogen-bond donors (Lipinski definition) is 0. The molecule has 7 aromatic rings. The molecule has 4 aromatic carbocycles. The van der Waals surface area contributed by atoms with Crippen molar-refractivity contribution in [2.24, 2.45) is 0 Å². The summed E-state index contributed by atoms with van der Waals surface area (Å²) in [5, 5.41) is 23.2. The quantitative estimate of drug-likeness (QED) is 0.182. The number of nitrogens with zero attached hydrogens (tertiary/aromatic N) is 3. The maximum absolute atomic E-state index is 10.5. The number of fused-ring (bicyclic) bond motifs is 10. The van der Waals surface area contributed by atoms with Gasteiger partial charge in [-0.1, -0.05) is 61.5 Å². The van der Waals surface area contributed by atoms with Crippen LogP contribution in [0, 0.1) is 22.7 Å². The summed E-state index contributed by atoms with van der Waals surface area (Å²) in [4.78, 5) is 0. The monoisotopic (exact) mass is 629 g/mol. The van der Waals surface area contributed by atoms with Gasteiger partial charge in [-0.3, -0.25) is 0 Å². The molecule has 0 saturated heterocycles. The summed E-state index contributed by atoms with van der Waals surface area (Å²) in [5.41, 5.74) is 16.2. The molecule has 3 aliphatic carbocycles. The second-order valence-electron chi connectivity index (χ2n) is 13.4. The second-order valence-corrected chi connectivity index (χ2v) is 13.4. The maximum Gasteiger partial charge on any atom is 0.146 e. The third kappa shape index (κ3) is 3.80. The zero-order chi connectivity index (χ0) is 32.9. The van der Waals surface area contributed by atoms with Crippen LogP contribution in [0.15, 0.2) is 99.5 Å². The van der Waals surface area contributed by atoms with E-state index in [1.165, 1.54) is 16.8 Å². The minimum Gasteiger partial charge on any atom is -0.456 e. The number of rotatable bonds is 3. The molecule has 0 amide bonds. The minimum atomic E-state index is -0.446. The van der Waals surface area contributed by atoms with Gasteiger partial charge >= 0.3 is 0 Å². The summed E-state index contributed by atoms with van der Waals surface area (Å²) in [7, 11) is 0. The van der Waals surface area contributed by atoms with Crippen LogP contribution >= 0.6 is 0 Å². The van der Waals surface area contributed by atoms with Gasteiger partial charge < -0.3 is 13.4 Å². The van der Waals surface area contributed by atoms with E-state index in [1.54, 1.807) is 0 Å². The fraction of sp³-hybridized carbons (Fsp3) is 0.114. The van der Waals surface area contributed by atoms with Crippen LogP contribution in [0.2, 0.25) is 0 Å². The fourth-order valence-corrected chi connectivity index (χ4v) is 8.30. The molecule has 10 rings (SSSR count). The Morgan fingerprint density at radius 1 is 0.837 bits per heavy atom. The predicted molar refractivity (Wildman–Crippen MR) is 194 cm³/mol. The molecule has 3 heterocycles. The van der Waals surface area contributed by atoms with E-state index >= 15 is 0 Å². The fourth-order valence-electron chi connectivity index (χ4n) is 8.30. The van der Waals surface area contributed by atoms with E-state index in [1.807, 2.05) is 60.7 Å². The summed E-state index contributed by atoms with van der Waals surface area (Å²) in [6.45, 7) is 2.26. The second kappa shape index (κ2) is 9.99. The van der Waals surface area contributed by atoms with Crippen LogP contribution in [0.5, 0.6) is 0 Å². The van der Waals surface area contributed by atoms with Crippen LogP contribution < -0.4 is 0 Å². The largest absolute Gasteiger partial charge is 0.456 e. The number of allylic oxidation sites excluding steroid dienone is 2. The van der Waals surface area contributed by atoms with Gasteiger partial charge in [0.05, 0.1) is 34.0 Å². The van der Waals surface area contributed by atoms with Gasteiger partial charge in [-0.25, -0.2) is 0 Å². The Labute approximate surface area is 282 Å². The van der Waals surface area contributed by atoms with Crippen molar-refractivity contribution in [1.29, 1.82) is 10.5 Å². The predicted octanol–water partition coefficient (Wildman–Crippen LogP) is 10.7. The number of nitriles is 2. The molecule has 0 radical (unpaired) electrons. The van der Waals surface area contributed by atoms with E-state index in [9.17, 15) is 10.5 Å². The lowest BCUT2D eigenvalue weighted by molar-refractivity contribution is 0.548. The molecule has 0 N–H and O–H groups in total. The van der Waals surface area contributed by atoms with Gasteiger partial charge in [-0.05, 0) is 84.5 Å². The van der Waals surface area contributed by atoms with Crippen LogP contribution in [0.3, 0.4) is 0 Å². The summed E-state index contributed by atoms with van der Waals surface area (Å²) in [6.07, 6.45) is 15.4. The topological polar surface area (TPSA) is 78.8 Å². The van der Waals surface area contributed by atoms with E-state index < -0.39 is 5.41 Å². The van der Waals surface area contributed by atoms with Crippen molar-refractivity contribution >= 4 is 57.2 Å². The normalized spacial score (nSPS) is 17.0. The van der Waals surface area contributed by atoms with Gasteiger partial charge in [-0.2, -0.15) is 10.5 Å². The first-order valence-corrected chi connectivity index (χ1v) is 16.6. The van der Waals surface area contributed by atoms with Crippen LogP contribution in [0.4, 0.5) is 0 Å². The molecule has 0 bridgehead atoms. The molecular weight excluding hydrogens is 603 g/mol. The van der Waals surface area contributed by atoms with Crippen LogP contribution in [0.1, 0.15) is 63.9 Å². The molecule has 5 heteroatoms. The summed E-state index contributed by atoms with van der Waals surface area (Å²) >= 11 is 0. The number of para-hydroxylation sites is 1. The lowest BCUT2D eigenvalue weighted by Gasteiger charge is -2.33. The first-order chi connectivity index (χ1) is 24.1. The van der Waals surface area contributed by atoms with Crippen molar-refractivity contribution in [3.8, 4) is 29.0 Å². The summed E-state index contributed by atoms with van der Waals surface area (Å²) in [5.74, 6) is 0.832. The van der Waals surface area contributed by atoms with Gasteiger partial charge in [-0.15, -0.1) is 5.73 Å². The van der Waals surface area contributed by atoms with Crippen LogP contribution in [-0.4, -0.2) is 4.57 Å². The standard InChI is InChI=1S/C44H27N3O2/c1-44(35-13-6-9-28(25-46)42(35)47-36-14-5-4-11-30(36)31-12-7-15-37(31)47)21-20-39-34(23-44)41-40(48-39)19-17-32-33-22-26(16-18-38(33)49-43(32)41)29-10-3-2-8-27(29)24-45/h2-4,6,8-13,15-22H,5,14,23H2,1H3. The third-order valence-electron chi connectivity index (χ3n) is 10.6. The molecule has 0 saturated carbocycles. The van der Waals surface area contributed by atoms with Crippen molar-refractivity contribution in [2.45, 2.75) is 31.6 Å². The summed E-state index contributed by atoms with van der Waals surface area (Å²) < 4.78 is 15.4. The smallest absolute Gasteiger partial charge is 0.146 e. The highest BCUT2D eigenvalue weighted by Gasteiger charge is 2.36. The lowest BCUT2D eigenvalue weighted by atomic mass is 9.72. The first-order valence-electron chi connectivity index (χ1n) is 16.6. The molecule has 0 aliphatic heterocycles. The van der Waals surface area contributed by atoms with Crippen LogP contribution in [0.25, 0.3) is 74.0 Å². The van der Waals surface area contributed by atoms with Crippen molar-refractivity contribution < 1.29 is 8.83 Å². The molecule has 230 valence electrons. The number of hydrogen-bond acceptors (Lipinski definition) is 4. The Morgan fingerprint density at radius 2 is 1.69 bits per heavy atom. The Hall–Kier alpha value is -6.52. The van der Waals surface area contributed by atoms with Crippen molar-refractivity contribution in [2.75, 3.05) is 0 Å². The molecular formula is C44H27N3O2. The zero-order valence-corrected chi connectivity index (χ0v) is 26.7. The van der Waals surface area contributed by atoms with E-state index in [4.69, 9.17) is 8.83 Å².